The van der Waals surface area contributed by atoms with Gasteiger partial charge >= 0.3 is 5.97 Å². The maximum absolute atomic E-state index is 11.6. The summed E-state index contributed by atoms with van der Waals surface area (Å²) in [5, 5.41) is 11.5. The van der Waals surface area contributed by atoms with Gasteiger partial charge in [-0.3, -0.25) is 9.59 Å². The maximum Gasteiger partial charge on any atom is 0.304 e. The summed E-state index contributed by atoms with van der Waals surface area (Å²) in [7, 11) is 1.51. The molecule has 0 radical (unpaired) electrons. The molecule has 1 aromatic rings. The molecule has 5 nitrogen and oxygen atoms in total. The van der Waals surface area contributed by atoms with Crippen molar-refractivity contribution in [3.05, 3.63) is 23.2 Å². The lowest BCUT2D eigenvalue weighted by Crippen LogP contribution is -2.14. The Bertz CT molecular complexity index is 467. The molecule has 0 atom stereocenters. The smallest absolute Gasteiger partial charge is 0.304 e. The van der Waals surface area contributed by atoms with Crippen molar-refractivity contribution in [3.8, 4) is 5.75 Å². The summed E-state index contributed by atoms with van der Waals surface area (Å²) in [6, 6.07) is 4.94. The first kappa shape index (κ1) is 15.7. The monoisotopic (exact) mass is 303 g/mol. The summed E-state index contributed by atoms with van der Waals surface area (Å²) >= 11 is 7.20. The van der Waals surface area contributed by atoms with Crippen LogP contribution in [0.2, 0.25) is 5.02 Å². The van der Waals surface area contributed by atoms with E-state index in [1.807, 2.05) is 0 Å². The second-order valence-corrected chi connectivity index (χ2v) is 5.11. The Morgan fingerprint density at radius 2 is 2.21 bits per heavy atom. The highest BCUT2D eigenvalue weighted by atomic mass is 35.5. The average molecular weight is 304 g/mol. The van der Waals surface area contributed by atoms with Gasteiger partial charge in [-0.2, -0.15) is 11.8 Å². The number of anilines is 1. The van der Waals surface area contributed by atoms with Crippen LogP contribution in [0.25, 0.3) is 0 Å². The number of hydrogen-bond donors (Lipinski definition) is 2. The molecule has 0 fully saturated rings. The normalized spacial score (nSPS) is 10.0. The van der Waals surface area contributed by atoms with Crippen molar-refractivity contribution in [1.29, 1.82) is 0 Å². The minimum Gasteiger partial charge on any atom is -0.495 e. The van der Waals surface area contributed by atoms with Gasteiger partial charge in [-0.25, -0.2) is 0 Å². The third-order valence-corrected chi connectivity index (χ3v) is 3.38. The molecule has 0 spiro atoms. The first-order valence-electron chi connectivity index (χ1n) is 5.46. The van der Waals surface area contributed by atoms with Gasteiger partial charge in [0, 0.05) is 11.4 Å². The van der Waals surface area contributed by atoms with E-state index in [1.165, 1.54) is 18.9 Å². The number of carboxylic acid groups (broad SMARTS) is 1. The number of halogens is 1. The SMILES string of the molecule is COc1ccc(NC(=O)CSCCC(=O)O)cc1Cl. The fourth-order valence-corrected chi connectivity index (χ4v) is 2.24. The zero-order chi connectivity index (χ0) is 14.3. The molecule has 0 heterocycles. The zero-order valence-electron chi connectivity index (χ0n) is 10.3. The van der Waals surface area contributed by atoms with E-state index in [9.17, 15) is 9.59 Å². The van der Waals surface area contributed by atoms with Crippen LogP contribution in [-0.4, -0.2) is 35.6 Å². The van der Waals surface area contributed by atoms with Crippen molar-refractivity contribution >= 4 is 40.9 Å². The molecule has 2 N–H and O–H groups in total. The van der Waals surface area contributed by atoms with Crippen LogP contribution < -0.4 is 10.1 Å². The van der Waals surface area contributed by atoms with E-state index >= 15 is 0 Å². The molecule has 7 heteroatoms. The van der Waals surface area contributed by atoms with Crippen LogP contribution in [0, 0.1) is 0 Å². The Labute approximate surface area is 120 Å². The summed E-state index contributed by atoms with van der Waals surface area (Å²) < 4.78 is 5.00. The van der Waals surface area contributed by atoms with Crippen LogP contribution in [0.3, 0.4) is 0 Å². The Balaban J connectivity index is 2.40. The van der Waals surface area contributed by atoms with E-state index < -0.39 is 5.97 Å². The number of rotatable bonds is 7. The average Bonchev–Trinajstić information content (AvgIpc) is 2.35. The molecule has 0 aliphatic rings. The van der Waals surface area contributed by atoms with Gasteiger partial charge < -0.3 is 15.2 Å². The number of methoxy groups -OCH3 is 1. The Morgan fingerprint density at radius 3 is 2.79 bits per heavy atom. The molecule has 0 saturated heterocycles. The number of carbonyl (C=O) groups is 2. The van der Waals surface area contributed by atoms with E-state index in [0.717, 1.165) is 0 Å². The third kappa shape index (κ3) is 5.85. The van der Waals surface area contributed by atoms with Crippen LogP contribution in [0.5, 0.6) is 5.75 Å². The minimum atomic E-state index is -0.866. The van der Waals surface area contributed by atoms with Gasteiger partial charge in [0.2, 0.25) is 5.91 Å². The fraction of sp³-hybridized carbons (Fsp3) is 0.333. The number of hydrogen-bond acceptors (Lipinski definition) is 4. The van der Waals surface area contributed by atoms with Crippen LogP contribution in [-0.2, 0) is 9.59 Å². The molecule has 1 rings (SSSR count). The van der Waals surface area contributed by atoms with Crippen molar-refractivity contribution in [1.82, 2.24) is 0 Å². The number of carboxylic acids is 1. The standard InChI is InChI=1S/C12H14ClNO4S/c1-18-10-3-2-8(6-9(10)13)14-11(15)7-19-5-4-12(16)17/h2-3,6H,4-5,7H2,1H3,(H,14,15)(H,16,17). The molecule has 1 aromatic carbocycles. The largest absolute Gasteiger partial charge is 0.495 e. The molecule has 19 heavy (non-hydrogen) atoms. The van der Waals surface area contributed by atoms with Crippen molar-refractivity contribution in [3.63, 3.8) is 0 Å². The van der Waals surface area contributed by atoms with Gasteiger partial charge in [0.1, 0.15) is 5.75 Å². The molecular formula is C12H14ClNO4S. The van der Waals surface area contributed by atoms with Gasteiger partial charge in [0.15, 0.2) is 0 Å². The third-order valence-electron chi connectivity index (χ3n) is 2.13. The second-order valence-electron chi connectivity index (χ2n) is 3.59. The first-order valence-corrected chi connectivity index (χ1v) is 6.99. The predicted octanol–water partition coefficient (Wildman–Crippen LogP) is 2.50. The highest BCUT2D eigenvalue weighted by Crippen LogP contribution is 2.27. The van der Waals surface area contributed by atoms with Crippen LogP contribution >= 0.6 is 23.4 Å². The maximum atomic E-state index is 11.6. The summed E-state index contributed by atoms with van der Waals surface area (Å²) in [5.41, 5.74) is 0.578. The van der Waals surface area contributed by atoms with E-state index in [4.69, 9.17) is 21.4 Å². The van der Waals surface area contributed by atoms with Gasteiger partial charge in [-0.05, 0) is 18.2 Å². The quantitative estimate of drug-likeness (QED) is 0.757. The second kappa shape index (κ2) is 7.91. The van der Waals surface area contributed by atoms with Crippen molar-refractivity contribution < 1.29 is 19.4 Å². The Morgan fingerprint density at radius 1 is 1.47 bits per heavy atom. The van der Waals surface area contributed by atoms with E-state index in [0.29, 0.717) is 22.2 Å². The summed E-state index contributed by atoms with van der Waals surface area (Å²) in [6.07, 6.45) is 0.0479. The fourth-order valence-electron chi connectivity index (χ4n) is 1.27. The zero-order valence-corrected chi connectivity index (χ0v) is 11.9. The lowest BCUT2D eigenvalue weighted by Gasteiger charge is -2.07. The van der Waals surface area contributed by atoms with Gasteiger partial charge in [-0.15, -0.1) is 0 Å². The molecule has 0 aromatic heterocycles. The number of thioether (sulfide) groups is 1. The number of amides is 1. The van der Waals surface area contributed by atoms with E-state index in [-0.39, 0.29) is 18.1 Å². The number of aliphatic carboxylic acids is 1. The van der Waals surface area contributed by atoms with Crippen molar-refractivity contribution in [2.24, 2.45) is 0 Å². The van der Waals surface area contributed by atoms with E-state index in [2.05, 4.69) is 5.32 Å². The molecule has 0 aliphatic carbocycles. The Hall–Kier alpha value is -1.40. The molecule has 0 saturated carbocycles. The van der Waals surface area contributed by atoms with E-state index in [1.54, 1.807) is 18.2 Å². The lowest BCUT2D eigenvalue weighted by atomic mass is 10.3. The topological polar surface area (TPSA) is 75.6 Å². The highest BCUT2D eigenvalue weighted by molar-refractivity contribution is 7.99. The number of carbonyl (C=O) groups excluding carboxylic acids is 1. The number of benzene rings is 1. The molecule has 104 valence electrons. The molecular weight excluding hydrogens is 290 g/mol. The van der Waals surface area contributed by atoms with Crippen LogP contribution in [0.4, 0.5) is 5.69 Å². The first-order chi connectivity index (χ1) is 9.02. The van der Waals surface area contributed by atoms with Crippen LogP contribution in [0.15, 0.2) is 18.2 Å². The molecule has 0 aliphatic heterocycles. The predicted molar refractivity (Wildman–Crippen MR) is 76.2 cm³/mol. The molecule has 0 unspecified atom stereocenters. The van der Waals surface area contributed by atoms with Crippen molar-refractivity contribution in [2.75, 3.05) is 23.9 Å². The molecule has 0 bridgehead atoms. The summed E-state index contributed by atoms with van der Waals surface area (Å²) in [5.74, 6) is 0.0882. The number of nitrogens with one attached hydrogen (secondary N) is 1. The lowest BCUT2D eigenvalue weighted by molar-refractivity contribution is -0.136. The summed E-state index contributed by atoms with van der Waals surface area (Å²) in [4.78, 5) is 21.9. The number of ether oxygens (including phenoxy) is 1. The van der Waals surface area contributed by atoms with Gasteiger partial charge in [0.05, 0.1) is 24.3 Å². The van der Waals surface area contributed by atoms with Gasteiger partial charge in [0.25, 0.3) is 0 Å². The highest BCUT2D eigenvalue weighted by Gasteiger charge is 2.06. The van der Waals surface area contributed by atoms with Crippen molar-refractivity contribution in [2.45, 2.75) is 6.42 Å². The summed E-state index contributed by atoms with van der Waals surface area (Å²) in [6.45, 7) is 0. The molecule has 1 amide bonds. The minimum absolute atomic E-state index is 0.0479. The van der Waals surface area contributed by atoms with Gasteiger partial charge in [-0.1, -0.05) is 11.6 Å². The Kier molecular flexibility index (Phi) is 6.52. The van der Waals surface area contributed by atoms with Crippen LogP contribution in [0.1, 0.15) is 6.42 Å².